The monoisotopic (exact) mass is 195 g/mol. The van der Waals surface area contributed by atoms with Crippen LogP contribution in [0.1, 0.15) is 0 Å². The standard InChI is InChI=1S/C7H5N3O2S/c11-7(12)5-2-9-6-4(13-5)1-8-3-10-6/h1-3H,(H,11,12)(H,8,9,10). The minimum absolute atomic E-state index is 0.238. The van der Waals surface area contributed by atoms with E-state index in [1.807, 2.05) is 0 Å². The Bertz CT molecular complexity index is 391. The number of hydrogen-bond acceptors (Lipinski definition) is 5. The van der Waals surface area contributed by atoms with Gasteiger partial charge in [0.2, 0.25) is 0 Å². The number of nitrogens with one attached hydrogen (secondary N) is 1. The first-order valence-corrected chi connectivity index (χ1v) is 4.27. The highest BCUT2D eigenvalue weighted by Crippen LogP contribution is 2.34. The first kappa shape index (κ1) is 8.06. The molecule has 66 valence electrons. The van der Waals surface area contributed by atoms with Gasteiger partial charge in [-0.3, -0.25) is 0 Å². The number of thioether (sulfide) groups is 1. The lowest BCUT2D eigenvalue weighted by Gasteiger charge is -2.12. The van der Waals surface area contributed by atoms with Gasteiger partial charge in [-0.1, -0.05) is 11.8 Å². The van der Waals surface area contributed by atoms with E-state index in [9.17, 15) is 4.79 Å². The fourth-order valence-corrected chi connectivity index (χ4v) is 1.65. The van der Waals surface area contributed by atoms with Crippen molar-refractivity contribution in [3.63, 3.8) is 0 Å². The van der Waals surface area contributed by atoms with Crippen LogP contribution >= 0.6 is 11.8 Å². The molecule has 2 rings (SSSR count). The molecule has 13 heavy (non-hydrogen) atoms. The van der Waals surface area contributed by atoms with Crippen LogP contribution in [-0.2, 0) is 4.79 Å². The number of carboxylic acid groups (broad SMARTS) is 1. The van der Waals surface area contributed by atoms with E-state index in [0.717, 1.165) is 16.7 Å². The summed E-state index contributed by atoms with van der Waals surface area (Å²) in [4.78, 5) is 19.3. The molecule has 5 nitrogen and oxygen atoms in total. The van der Waals surface area contributed by atoms with Crippen LogP contribution in [0.15, 0.2) is 28.5 Å². The van der Waals surface area contributed by atoms with Gasteiger partial charge >= 0.3 is 5.97 Å². The summed E-state index contributed by atoms with van der Waals surface area (Å²) in [6.07, 6.45) is 4.41. The third-order valence-electron chi connectivity index (χ3n) is 1.45. The molecule has 6 heteroatoms. The van der Waals surface area contributed by atoms with Crippen LogP contribution in [0, 0.1) is 0 Å². The Morgan fingerprint density at radius 1 is 1.62 bits per heavy atom. The lowest BCUT2D eigenvalue weighted by molar-refractivity contribution is -0.131. The van der Waals surface area contributed by atoms with Crippen molar-refractivity contribution in [2.45, 2.75) is 4.90 Å². The number of aromatic nitrogens is 2. The van der Waals surface area contributed by atoms with Gasteiger partial charge in [-0.05, 0) is 0 Å². The maximum absolute atomic E-state index is 10.6. The van der Waals surface area contributed by atoms with E-state index in [0.29, 0.717) is 5.82 Å². The van der Waals surface area contributed by atoms with Crippen molar-refractivity contribution in [2.24, 2.45) is 0 Å². The second kappa shape index (κ2) is 3.06. The van der Waals surface area contributed by atoms with Gasteiger partial charge < -0.3 is 10.4 Å². The molecule has 0 bridgehead atoms. The predicted octanol–water partition coefficient (Wildman–Crippen LogP) is 0.920. The zero-order chi connectivity index (χ0) is 9.26. The zero-order valence-corrected chi connectivity index (χ0v) is 7.21. The smallest absolute Gasteiger partial charge is 0.344 e. The van der Waals surface area contributed by atoms with E-state index in [-0.39, 0.29) is 4.91 Å². The van der Waals surface area contributed by atoms with Gasteiger partial charge in [0.15, 0.2) is 0 Å². The Morgan fingerprint density at radius 3 is 3.23 bits per heavy atom. The summed E-state index contributed by atoms with van der Waals surface area (Å²) in [5.74, 6) is -0.308. The molecule has 0 fully saturated rings. The highest BCUT2D eigenvalue weighted by Gasteiger charge is 2.17. The van der Waals surface area contributed by atoms with E-state index in [1.165, 1.54) is 12.5 Å². The van der Waals surface area contributed by atoms with Crippen LogP contribution < -0.4 is 5.32 Å². The molecule has 2 N–H and O–H groups in total. The van der Waals surface area contributed by atoms with Crippen molar-refractivity contribution in [1.29, 1.82) is 0 Å². The molecule has 0 saturated heterocycles. The van der Waals surface area contributed by atoms with Crippen LogP contribution in [0.3, 0.4) is 0 Å². The molecule has 1 aliphatic rings. The molecule has 0 spiro atoms. The van der Waals surface area contributed by atoms with E-state index in [4.69, 9.17) is 5.11 Å². The highest BCUT2D eigenvalue weighted by atomic mass is 32.2. The van der Waals surface area contributed by atoms with Crippen molar-refractivity contribution in [1.82, 2.24) is 9.97 Å². The lowest BCUT2D eigenvalue weighted by atomic mass is 10.5. The zero-order valence-electron chi connectivity index (χ0n) is 6.39. The van der Waals surface area contributed by atoms with Crippen LogP contribution in [-0.4, -0.2) is 21.0 Å². The number of carboxylic acids is 1. The molecule has 0 atom stereocenters. The van der Waals surface area contributed by atoms with E-state index in [1.54, 1.807) is 6.20 Å². The Balaban J connectivity index is 2.33. The number of fused-ring (bicyclic) bond motifs is 1. The molecular weight excluding hydrogens is 190 g/mol. The van der Waals surface area contributed by atoms with Gasteiger partial charge in [-0.15, -0.1) is 0 Å². The number of nitrogens with zero attached hydrogens (tertiary/aromatic N) is 2. The molecule has 0 radical (unpaired) electrons. The maximum Gasteiger partial charge on any atom is 0.344 e. The topological polar surface area (TPSA) is 75.1 Å². The normalized spacial score (nSPS) is 14.0. The van der Waals surface area contributed by atoms with Gasteiger partial charge in [-0.2, -0.15) is 0 Å². The average molecular weight is 195 g/mol. The Hall–Kier alpha value is -1.56. The molecule has 0 aliphatic carbocycles. The minimum atomic E-state index is -0.952. The second-order valence-electron chi connectivity index (χ2n) is 2.30. The molecular formula is C7H5N3O2S. The summed E-state index contributed by atoms with van der Waals surface area (Å²) in [5.41, 5.74) is 0. The van der Waals surface area contributed by atoms with Gasteiger partial charge in [0.05, 0.1) is 4.90 Å². The first-order valence-electron chi connectivity index (χ1n) is 3.45. The third kappa shape index (κ3) is 1.48. The summed E-state index contributed by atoms with van der Waals surface area (Å²) in [6.45, 7) is 0. The molecule has 1 aliphatic heterocycles. The van der Waals surface area contributed by atoms with Crippen LogP contribution in [0.25, 0.3) is 0 Å². The third-order valence-corrected chi connectivity index (χ3v) is 2.48. The van der Waals surface area contributed by atoms with Crippen LogP contribution in [0.5, 0.6) is 0 Å². The Labute approximate surface area is 77.9 Å². The lowest BCUT2D eigenvalue weighted by Crippen LogP contribution is -2.06. The molecule has 2 heterocycles. The molecule has 0 unspecified atom stereocenters. The summed E-state index contributed by atoms with van der Waals surface area (Å²) < 4.78 is 0. The van der Waals surface area contributed by atoms with Crippen molar-refractivity contribution in [3.05, 3.63) is 23.6 Å². The largest absolute Gasteiger partial charge is 0.477 e. The summed E-state index contributed by atoms with van der Waals surface area (Å²) >= 11 is 1.14. The van der Waals surface area contributed by atoms with Crippen molar-refractivity contribution < 1.29 is 9.90 Å². The number of aliphatic carboxylic acids is 1. The Kier molecular flexibility index (Phi) is 1.90. The fourth-order valence-electron chi connectivity index (χ4n) is 0.887. The van der Waals surface area contributed by atoms with Crippen molar-refractivity contribution in [2.75, 3.05) is 5.32 Å². The average Bonchev–Trinajstić information content (AvgIpc) is 2.17. The van der Waals surface area contributed by atoms with Crippen molar-refractivity contribution >= 4 is 23.5 Å². The van der Waals surface area contributed by atoms with E-state index < -0.39 is 5.97 Å². The summed E-state index contributed by atoms with van der Waals surface area (Å²) in [6, 6.07) is 0. The van der Waals surface area contributed by atoms with Gasteiger partial charge in [-0.25, -0.2) is 14.8 Å². The molecule has 0 saturated carbocycles. The van der Waals surface area contributed by atoms with Gasteiger partial charge in [0, 0.05) is 12.4 Å². The number of rotatable bonds is 1. The summed E-state index contributed by atoms with van der Waals surface area (Å²) in [7, 11) is 0. The van der Waals surface area contributed by atoms with Crippen LogP contribution in [0.4, 0.5) is 5.82 Å². The number of hydrogen-bond donors (Lipinski definition) is 2. The van der Waals surface area contributed by atoms with Crippen LogP contribution in [0.2, 0.25) is 0 Å². The molecule has 0 amide bonds. The quantitative estimate of drug-likeness (QED) is 0.694. The number of carbonyl (C=O) groups is 1. The first-order chi connectivity index (χ1) is 6.27. The van der Waals surface area contributed by atoms with Gasteiger partial charge in [0.1, 0.15) is 17.1 Å². The van der Waals surface area contributed by atoms with E-state index in [2.05, 4.69) is 15.3 Å². The van der Waals surface area contributed by atoms with E-state index >= 15 is 0 Å². The number of anilines is 1. The molecule has 1 aromatic rings. The Morgan fingerprint density at radius 2 is 2.46 bits per heavy atom. The predicted molar refractivity (Wildman–Crippen MR) is 47.2 cm³/mol. The highest BCUT2D eigenvalue weighted by molar-refractivity contribution is 8.04. The minimum Gasteiger partial charge on any atom is -0.477 e. The molecule has 1 aromatic heterocycles. The second-order valence-corrected chi connectivity index (χ2v) is 3.38. The molecule has 0 aromatic carbocycles. The maximum atomic E-state index is 10.6. The van der Waals surface area contributed by atoms with Crippen molar-refractivity contribution in [3.8, 4) is 0 Å². The van der Waals surface area contributed by atoms with Gasteiger partial charge in [0.25, 0.3) is 0 Å². The summed E-state index contributed by atoms with van der Waals surface area (Å²) in [5, 5.41) is 11.5. The fraction of sp³-hybridized carbons (Fsp3) is 0. The SMILES string of the molecule is O=C(O)C1=CNc2ncncc2S1.